The topological polar surface area (TPSA) is 35.5 Å². The standard InChI is InChI=1S/C17H36N2O/c1-5-11-18-16(4,15-20)9-8-12-19-13-10-17(6-2,7-3)14-19/h18,20H,5-15H2,1-4H3. The van der Waals surface area contributed by atoms with Crippen LogP contribution in [-0.2, 0) is 0 Å². The molecule has 1 rings (SSSR count). The fourth-order valence-corrected chi connectivity index (χ4v) is 3.39. The third kappa shape index (κ3) is 5.01. The highest BCUT2D eigenvalue weighted by atomic mass is 16.3. The highest BCUT2D eigenvalue weighted by Crippen LogP contribution is 2.36. The Bertz CT molecular complexity index is 266. The van der Waals surface area contributed by atoms with Gasteiger partial charge < -0.3 is 15.3 Å². The normalized spacial score (nSPS) is 22.1. The van der Waals surface area contributed by atoms with Gasteiger partial charge in [-0.05, 0) is 70.5 Å². The second-order valence-corrected chi connectivity index (χ2v) is 6.98. The van der Waals surface area contributed by atoms with Crippen LogP contribution in [0, 0.1) is 5.41 Å². The van der Waals surface area contributed by atoms with E-state index in [1.807, 2.05) is 0 Å². The molecule has 120 valence electrons. The van der Waals surface area contributed by atoms with E-state index in [1.54, 1.807) is 0 Å². The molecule has 0 aromatic heterocycles. The maximum Gasteiger partial charge on any atom is 0.0610 e. The van der Waals surface area contributed by atoms with Crippen molar-refractivity contribution in [3.05, 3.63) is 0 Å². The number of aliphatic hydroxyl groups is 1. The van der Waals surface area contributed by atoms with E-state index in [0.717, 1.165) is 19.4 Å². The van der Waals surface area contributed by atoms with Crippen molar-refractivity contribution < 1.29 is 5.11 Å². The molecule has 1 unspecified atom stereocenters. The second-order valence-electron chi connectivity index (χ2n) is 6.98. The van der Waals surface area contributed by atoms with Gasteiger partial charge in [0.05, 0.1) is 6.61 Å². The van der Waals surface area contributed by atoms with Crippen LogP contribution in [0.25, 0.3) is 0 Å². The Morgan fingerprint density at radius 1 is 1.25 bits per heavy atom. The zero-order valence-corrected chi connectivity index (χ0v) is 14.2. The minimum Gasteiger partial charge on any atom is -0.394 e. The Kier molecular flexibility index (Phi) is 7.49. The zero-order valence-electron chi connectivity index (χ0n) is 14.2. The lowest BCUT2D eigenvalue weighted by Crippen LogP contribution is -2.46. The number of hydrogen-bond donors (Lipinski definition) is 2. The van der Waals surface area contributed by atoms with Gasteiger partial charge in [-0.1, -0.05) is 20.8 Å². The van der Waals surface area contributed by atoms with Gasteiger partial charge in [0.2, 0.25) is 0 Å². The van der Waals surface area contributed by atoms with Crippen molar-refractivity contribution in [1.82, 2.24) is 10.2 Å². The molecule has 1 heterocycles. The van der Waals surface area contributed by atoms with E-state index in [4.69, 9.17) is 0 Å². The van der Waals surface area contributed by atoms with Gasteiger partial charge in [0.1, 0.15) is 0 Å². The van der Waals surface area contributed by atoms with Gasteiger partial charge in [-0.15, -0.1) is 0 Å². The van der Waals surface area contributed by atoms with E-state index in [2.05, 4.69) is 37.9 Å². The predicted molar refractivity (Wildman–Crippen MR) is 87.1 cm³/mol. The maximum atomic E-state index is 9.59. The summed E-state index contributed by atoms with van der Waals surface area (Å²) >= 11 is 0. The first kappa shape index (κ1) is 17.9. The molecule has 2 N–H and O–H groups in total. The summed E-state index contributed by atoms with van der Waals surface area (Å²) in [5, 5.41) is 13.1. The highest BCUT2D eigenvalue weighted by molar-refractivity contribution is 4.88. The van der Waals surface area contributed by atoms with Crippen molar-refractivity contribution in [1.29, 1.82) is 0 Å². The van der Waals surface area contributed by atoms with Crippen molar-refractivity contribution in [2.45, 2.75) is 71.8 Å². The molecular formula is C17H36N2O. The number of rotatable bonds is 10. The van der Waals surface area contributed by atoms with Crippen LogP contribution in [0.5, 0.6) is 0 Å². The monoisotopic (exact) mass is 284 g/mol. The van der Waals surface area contributed by atoms with Gasteiger partial charge in [0.15, 0.2) is 0 Å². The first-order valence-corrected chi connectivity index (χ1v) is 8.61. The summed E-state index contributed by atoms with van der Waals surface area (Å²) in [6.45, 7) is 14.0. The van der Waals surface area contributed by atoms with Crippen LogP contribution in [-0.4, -0.2) is 48.3 Å². The van der Waals surface area contributed by atoms with E-state index in [0.29, 0.717) is 5.41 Å². The van der Waals surface area contributed by atoms with Gasteiger partial charge in [0.25, 0.3) is 0 Å². The lowest BCUT2D eigenvalue weighted by atomic mass is 9.82. The fraction of sp³-hybridized carbons (Fsp3) is 1.00. The summed E-state index contributed by atoms with van der Waals surface area (Å²) in [5.74, 6) is 0. The molecule has 0 aliphatic carbocycles. The number of likely N-dealkylation sites (tertiary alicyclic amines) is 1. The molecule has 0 radical (unpaired) electrons. The first-order valence-electron chi connectivity index (χ1n) is 8.61. The molecule has 0 amide bonds. The fourth-order valence-electron chi connectivity index (χ4n) is 3.39. The summed E-state index contributed by atoms with van der Waals surface area (Å²) in [4.78, 5) is 2.63. The minimum absolute atomic E-state index is 0.0949. The molecule has 0 spiro atoms. The molecule has 1 fully saturated rings. The SMILES string of the molecule is CCCNC(C)(CO)CCCN1CCC(CC)(CC)C1. The summed E-state index contributed by atoms with van der Waals surface area (Å²) in [5.41, 5.74) is 0.489. The molecule has 20 heavy (non-hydrogen) atoms. The smallest absolute Gasteiger partial charge is 0.0610 e. The Morgan fingerprint density at radius 2 is 1.95 bits per heavy atom. The second kappa shape index (κ2) is 8.35. The molecule has 3 nitrogen and oxygen atoms in total. The molecule has 1 aliphatic rings. The maximum absolute atomic E-state index is 9.59. The Morgan fingerprint density at radius 3 is 2.45 bits per heavy atom. The lowest BCUT2D eigenvalue weighted by Gasteiger charge is -2.30. The molecule has 0 aromatic rings. The molecule has 1 saturated heterocycles. The van der Waals surface area contributed by atoms with Crippen LogP contribution in [0.1, 0.15) is 66.2 Å². The summed E-state index contributed by atoms with van der Waals surface area (Å²) < 4.78 is 0. The van der Waals surface area contributed by atoms with Crippen molar-refractivity contribution in [3.8, 4) is 0 Å². The summed E-state index contributed by atoms with van der Waals surface area (Å²) in [6, 6.07) is 0. The van der Waals surface area contributed by atoms with Crippen LogP contribution in [0.3, 0.4) is 0 Å². The number of aliphatic hydroxyl groups excluding tert-OH is 1. The van der Waals surface area contributed by atoms with Crippen molar-refractivity contribution in [2.24, 2.45) is 5.41 Å². The van der Waals surface area contributed by atoms with Crippen LogP contribution >= 0.6 is 0 Å². The Labute approximate surface area is 126 Å². The molecule has 0 saturated carbocycles. The molecular weight excluding hydrogens is 248 g/mol. The molecule has 0 bridgehead atoms. The number of nitrogens with one attached hydrogen (secondary N) is 1. The van der Waals surface area contributed by atoms with Crippen molar-refractivity contribution >= 4 is 0 Å². The van der Waals surface area contributed by atoms with E-state index < -0.39 is 0 Å². The van der Waals surface area contributed by atoms with Crippen LogP contribution in [0.2, 0.25) is 0 Å². The third-order valence-electron chi connectivity index (χ3n) is 5.37. The zero-order chi connectivity index (χ0) is 15.1. The van der Waals surface area contributed by atoms with Crippen LogP contribution in [0.4, 0.5) is 0 Å². The largest absolute Gasteiger partial charge is 0.394 e. The van der Waals surface area contributed by atoms with E-state index in [9.17, 15) is 5.11 Å². The van der Waals surface area contributed by atoms with Crippen LogP contribution < -0.4 is 5.32 Å². The average Bonchev–Trinajstić information content (AvgIpc) is 2.89. The van der Waals surface area contributed by atoms with Gasteiger partial charge in [0, 0.05) is 12.1 Å². The third-order valence-corrected chi connectivity index (χ3v) is 5.37. The van der Waals surface area contributed by atoms with Gasteiger partial charge in [-0.25, -0.2) is 0 Å². The highest BCUT2D eigenvalue weighted by Gasteiger charge is 2.34. The van der Waals surface area contributed by atoms with E-state index in [-0.39, 0.29) is 12.1 Å². The first-order chi connectivity index (χ1) is 9.53. The average molecular weight is 284 g/mol. The predicted octanol–water partition coefficient (Wildman–Crippen LogP) is 3.03. The lowest BCUT2D eigenvalue weighted by molar-refractivity contribution is 0.157. The number of hydrogen-bond acceptors (Lipinski definition) is 3. The molecule has 1 atom stereocenters. The number of nitrogens with zero attached hydrogens (tertiary/aromatic N) is 1. The molecule has 1 aliphatic heterocycles. The van der Waals surface area contributed by atoms with Gasteiger partial charge in [-0.2, -0.15) is 0 Å². The Hall–Kier alpha value is -0.120. The molecule has 0 aromatic carbocycles. The minimum atomic E-state index is -0.0949. The van der Waals surface area contributed by atoms with Crippen LogP contribution in [0.15, 0.2) is 0 Å². The molecule has 3 heteroatoms. The van der Waals surface area contributed by atoms with Gasteiger partial charge >= 0.3 is 0 Å². The quantitative estimate of drug-likeness (QED) is 0.647. The van der Waals surface area contributed by atoms with Crippen molar-refractivity contribution in [3.63, 3.8) is 0 Å². The van der Waals surface area contributed by atoms with E-state index >= 15 is 0 Å². The summed E-state index contributed by atoms with van der Waals surface area (Å²) in [6.07, 6.45) is 7.35. The van der Waals surface area contributed by atoms with Gasteiger partial charge in [-0.3, -0.25) is 0 Å². The van der Waals surface area contributed by atoms with Crippen molar-refractivity contribution in [2.75, 3.05) is 32.8 Å². The van der Waals surface area contributed by atoms with E-state index in [1.165, 1.54) is 45.3 Å². The Balaban J connectivity index is 2.30. The summed E-state index contributed by atoms with van der Waals surface area (Å²) in [7, 11) is 0.